The second kappa shape index (κ2) is 3.52. The largest absolute Gasteiger partial charge is 0.469 e. The van der Waals surface area contributed by atoms with Gasteiger partial charge >= 0.3 is 5.97 Å². The third-order valence-corrected chi connectivity index (χ3v) is 6.12. The lowest BCUT2D eigenvalue weighted by atomic mass is 9.79. The molecule has 0 amide bonds. The Hall–Kier alpha value is -1.20. The van der Waals surface area contributed by atoms with Crippen LogP contribution in [0.5, 0.6) is 0 Å². The Labute approximate surface area is 117 Å². The molecule has 0 aromatic rings. The minimum absolute atomic E-state index is 0.0781. The summed E-state index contributed by atoms with van der Waals surface area (Å²) in [6, 6.07) is 0. The maximum absolute atomic E-state index is 12.8. The second-order valence-corrected chi connectivity index (χ2v) is 6.25. The molecule has 3 fully saturated rings. The van der Waals surface area contributed by atoms with Crippen LogP contribution in [0.2, 0.25) is 0 Å². The standard InChI is InChI=1S/C15H18O5/c1-18-13(17)14-9-7-5-4-6-8(7)11(14)15(19-2,20-3)12(16)10(9)14/h4-5,7-11H,6H2,1-3H3/t7-,8+,9-,10-,11-,14+/m1/s1. The van der Waals surface area contributed by atoms with E-state index in [2.05, 4.69) is 12.2 Å². The van der Waals surface area contributed by atoms with Crippen LogP contribution in [0.25, 0.3) is 0 Å². The molecule has 0 saturated heterocycles. The number of hydrogen-bond acceptors (Lipinski definition) is 5. The zero-order valence-corrected chi connectivity index (χ0v) is 11.8. The molecule has 0 unspecified atom stereocenters. The fraction of sp³-hybridized carbons (Fsp3) is 0.733. The first kappa shape index (κ1) is 12.5. The predicted octanol–water partition coefficient (Wildman–Crippen LogP) is 0.786. The number of esters is 1. The topological polar surface area (TPSA) is 61.8 Å². The van der Waals surface area contributed by atoms with E-state index >= 15 is 0 Å². The van der Waals surface area contributed by atoms with Gasteiger partial charge in [-0.15, -0.1) is 0 Å². The number of ether oxygens (including phenoxy) is 3. The zero-order valence-electron chi connectivity index (χ0n) is 11.8. The van der Waals surface area contributed by atoms with Crippen LogP contribution in [0.4, 0.5) is 0 Å². The van der Waals surface area contributed by atoms with Gasteiger partial charge in [0.05, 0.1) is 12.5 Å². The Morgan fingerprint density at radius 3 is 2.60 bits per heavy atom. The smallest absolute Gasteiger partial charge is 0.313 e. The van der Waals surface area contributed by atoms with Gasteiger partial charge in [-0.05, 0) is 24.2 Å². The van der Waals surface area contributed by atoms with Crippen LogP contribution in [0, 0.1) is 35.0 Å². The third kappa shape index (κ3) is 0.940. The number of fused-ring (bicyclic) bond motifs is 4. The van der Waals surface area contributed by atoms with E-state index in [1.807, 2.05) is 0 Å². The van der Waals surface area contributed by atoms with Crippen LogP contribution in [-0.4, -0.2) is 38.9 Å². The van der Waals surface area contributed by atoms with Gasteiger partial charge in [-0.3, -0.25) is 9.59 Å². The molecular weight excluding hydrogens is 260 g/mol. The molecule has 108 valence electrons. The number of carbonyl (C=O) groups is 2. The molecule has 0 spiro atoms. The Bertz CT molecular complexity index is 534. The normalized spacial score (nSPS) is 49.1. The molecule has 0 heterocycles. The van der Waals surface area contributed by atoms with E-state index in [0.29, 0.717) is 0 Å². The molecule has 5 heteroatoms. The van der Waals surface area contributed by atoms with Crippen LogP contribution in [0.3, 0.4) is 0 Å². The van der Waals surface area contributed by atoms with Crippen molar-refractivity contribution >= 4 is 11.8 Å². The maximum atomic E-state index is 12.8. The van der Waals surface area contributed by atoms with Gasteiger partial charge < -0.3 is 14.2 Å². The minimum atomic E-state index is -1.28. The molecule has 0 radical (unpaired) electrons. The van der Waals surface area contributed by atoms with E-state index in [4.69, 9.17) is 14.2 Å². The van der Waals surface area contributed by atoms with Gasteiger partial charge in [-0.2, -0.15) is 0 Å². The van der Waals surface area contributed by atoms with E-state index in [9.17, 15) is 9.59 Å². The highest BCUT2D eigenvalue weighted by Gasteiger charge is 2.93. The van der Waals surface area contributed by atoms with Gasteiger partial charge in [0, 0.05) is 26.1 Å². The lowest BCUT2D eigenvalue weighted by molar-refractivity contribution is -0.234. The van der Waals surface area contributed by atoms with Crippen molar-refractivity contribution in [2.45, 2.75) is 12.2 Å². The van der Waals surface area contributed by atoms with Crippen LogP contribution in [0.1, 0.15) is 6.42 Å². The molecule has 5 nitrogen and oxygen atoms in total. The summed E-state index contributed by atoms with van der Waals surface area (Å²) in [6.45, 7) is 0. The Kier molecular flexibility index (Phi) is 2.20. The van der Waals surface area contributed by atoms with Crippen molar-refractivity contribution in [3.8, 4) is 0 Å². The lowest BCUT2D eigenvalue weighted by Crippen LogP contribution is -2.50. The van der Waals surface area contributed by atoms with Crippen LogP contribution in [-0.2, 0) is 23.8 Å². The second-order valence-electron chi connectivity index (χ2n) is 6.25. The number of carbonyl (C=O) groups excluding carboxylic acids is 2. The summed E-state index contributed by atoms with van der Waals surface area (Å²) in [5.74, 6) is -1.57. The highest BCUT2D eigenvalue weighted by atomic mass is 16.7. The monoisotopic (exact) mass is 278 g/mol. The molecule has 0 N–H and O–H groups in total. The first-order valence-corrected chi connectivity index (χ1v) is 7.01. The maximum Gasteiger partial charge on any atom is 0.313 e. The van der Waals surface area contributed by atoms with Gasteiger partial charge in [-0.25, -0.2) is 0 Å². The van der Waals surface area contributed by atoms with Crippen LogP contribution in [0.15, 0.2) is 12.2 Å². The summed E-state index contributed by atoms with van der Waals surface area (Å²) < 4.78 is 16.1. The number of allylic oxidation sites excluding steroid dienone is 2. The van der Waals surface area contributed by atoms with Crippen molar-refractivity contribution < 1.29 is 23.8 Å². The fourth-order valence-electron chi connectivity index (χ4n) is 5.62. The molecular formula is C15H18O5. The Morgan fingerprint density at radius 1 is 1.30 bits per heavy atom. The van der Waals surface area contributed by atoms with E-state index in [1.54, 1.807) is 0 Å². The first-order valence-electron chi connectivity index (χ1n) is 7.01. The molecule has 0 aromatic carbocycles. The summed E-state index contributed by atoms with van der Waals surface area (Å²) in [6.07, 6.45) is 5.17. The number of Topliss-reactive ketones (excluding diaryl/α,β-unsaturated/α-hetero) is 1. The van der Waals surface area contributed by atoms with Gasteiger partial charge in [0.2, 0.25) is 5.79 Å². The Balaban J connectivity index is 1.89. The molecule has 0 aliphatic heterocycles. The number of rotatable bonds is 3. The average Bonchev–Trinajstić information content (AvgIpc) is 2.74. The van der Waals surface area contributed by atoms with E-state index in [-0.39, 0.29) is 41.3 Å². The SMILES string of the molecule is COC(=O)[C@]12[C@@H]3[C@@H]4C=CC[C@@H]4[C@H]1C(OC)(OC)C(=O)[C@@H]32. The predicted molar refractivity (Wildman–Crippen MR) is 67.4 cm³/mol. The highest BCUT2D eigenvalue weighted by molar-refractivity contribution is 6.05. The van der Waals surface area contributed by atoms with Crippen molar-refractivity contribution in [2.24, 2.45) is 35.0 Å². The van der Waals surface area contributed by atoms with Crippen LogP contribution >= 0.6 is 0 Å². The van der Waals surface area contributed by atoms with Crippen molar-refractivity contribution in [3.63, 3.8) is 0 Å². The number of ketones is 1. The summed E-state index contributed by atoms with van der Waals surface area (Å²) in [4.78, 5) is 25.2. The summed E-state index contributed by atoms with van der Waals surface area (Å²) in [5.41, 5.74) is -0.710. The van der Waals surface area contributed by atoms with Gasteiger partial charge in [0.15, 0.2) is 5.78 Å². The summed E-state index contributed by atoms with van der Waals surface area (Å²) >= 11 is 0. The molecule has 4 rings (SSSR count). The molecule has 6 atom stereocenters. The third-order valence-electron chi connectivity index (χ3n) is 6.12. The zero-order chi connectivity index (χ0) is 14.3. The summed E-state index contributed by atoms with van der Waals surface area (Å²) in [5, 5.41) is 0. The van der Waals surface area contributed by atoms with Gasteiger partial charge in [-0.1, -0.05) is 12.2 Å². The van der Waals surface area contributed by atoms with Crippen molar-refractivity contribution in [3.05, 3.63) is 12.2 Å². The molecule has 0 bridgehead atoms. The molecule has 0 aromatic heterocycles. The number of hydrogen-bond donors (Lipinski definition) is 0. The highest BCUT2D eigenvalue weighted by Crippen LogP contribution is 2.83. The van der Waals surface area contributed by atoms with E-state index < -0.39 is 11.2 Å². The quantitative estimate of drug-likeness (QED) is 0.434. The van der Waals surface area contributed by atoms with Gasteiger partial charge in [0.1, 0.15) is 0 Å². The van der Waals surface area contributed by atoms with Crippen molar-refractivity contribution in [2.75, 3.05) is 21.3 Å². The fourth-order valence-corrected chi connectivity index (χ4v) is 5.62. The van der Waals surface area contributed by atoms with E-state index in [0.717, 1.165) is 6.42 Å². The number of methoxy groups -OCH3 is 3. The van der Waals surface area contributed by atoms with Crippen molar-refractivity contribution in [1.82, 2.24) is 0 Å². The van der Waals surface area contributed by atoms with Gasteiger partial charge in [0.25, 0.3) is 0 Å². The van der Waals surface area contributed by atoms with E-state index in [1.165, 1.54) is 21.3 Å². The average molecular weight is 278 g/mol. The molecule has 20 heavy (non-hydrogen) atoms. The summed E-state index contributed by atoms with van der Waals surface area (Å²) in [7, 11) is 4.37. The van der Waals surface area contributed by atoms with Crippen LogP contribution < -0.4 is 0 Å². The molecule has 4 aliphatic rings. The lowest BCUT2D eigenvalue weighted by Gasteiger charge is -2.36. The molecule has 3 saturated carbocycles. The minimum Gasteiger partial charge on any atom is -0.469 e. The Morgan fingerprint density at radius 2 is 2.00 bits per heavy atom. The van der Waals surface area contributed by atoms with Crippen molar-refractivity contribution in [1.29, 1.82) is 0 Å². The molecule has 4 aliphatic carbocycles. The first-order chi connectivity index (χ1) is 9.61.